The van der Waals surface area contributed by atoms with Gasteiger partial charge in [0.2, 0.25) is 10.0 Å². The van der Waals surface area contributed by atoms with Crippen LogP contribution in [0.1, 0.15) is 39.7 Å². The first kappa shape index (κ1) is 21.3. The van der Waals surface area contributed by atoms with Gasteiger partial charge in [-0.05, 0) is 73.9 Å². The third kappa shape index (κ3) is 5.35. The lowest BCUT2D eigenvalue weighted by atomic mass is 9.96. The first-order chi connectivity index (χ1) is 13.8. The van der Waals surface area contributed by atoms with Crippen LogP contribution >= 0.6 is 11.6 Å². The van der Waals surface area contributed by atoms with E-state index < -0.39 is 15.3 Å². The summed E-state index contributed by atoms with van der Waals surface area (Å²) >= 11 is 5.90. The number of H-pyrrole nitrogens is 1. The minimum atomic E-state index is -3.50. The molecule has 0 aliphatic carbocycles. The van der Waals surface area contributed by atoms with E-state index in [-0.39, 0.29) is 12.3 Å². The molecule has 7 heteroatoms. The average molecular weight is 431 g/mol. The quantitative estimate of drug-likeness (QED) is 0.524. The van der Waals surface area contributed by atoms with E-state index in [1.807, 2.05) is 31.2 Å². The molecule has 29 heavy (non-hydrogen) atoms. The summed E-state index contributed by atoms with van der Waals surface area (Å²) in [5, 5.41) is -0.0726. The van der Waals surface area contributed by atoms with Crippen molar-refractivity contribution in [3.8, 4) is 0 Å². The number of hydrogen-bond acceptors (Lipinski definition) is 3. The highest BCUT2D eigenvalue weighted by molar-refractivity contribution is 7.90. The Morgan fingerprint density at radius 1 is 1.14 bits per heavy atom. The summed E-state index contributed by atoms with van der Waals surface area (Å²) in [7, 11) is -3.50. The predicted octanol–water partition coefficient (Wildman–Crippen LogP) is 4.26. The number of aromatic nitrogens is 1. The number of halogens is 1. The first-order valence-electron chi connectivity index (χ1n) is 9.27. The number of carbonyl (C=O) groups excluding carboxylic acids is 1. The van der Waals surface area contributed by atoms with Gasteiger partial charge < -0.3 is 4.98 Å². The fourth-order valence-electron chi connectivity index (χ4n) is 3.04. The van der Waals surface area contributed by atoms with Gasteiger partial charge in [-0.15, -0.1) is 0 Å². The van der Waals surface area contributed by atoms with Gasteiger partial charge in [0.25, 0.3) is 0 Å². The van der Waals surface area contributed by atoms with Crippen molar-refractivity contribution in [2.45, 2.75) is 32.1 Å². The summed E-state index contributed by atoms with van der Waals surface area (Å²) in [5.74, 6) is -0.110. The number of carbonyl (C=O) groups is 1. The highest BCUT2D eigenvalue weighted by Gasteiger charge is 2.22. The molecule has 1 aromatic heterocycles. The van der Waals surface area contributed by atoms with E-state index in [0.717, 1.165) is 16.8 Å². The highest BCUT2D eigenvalue weighted by Crippen LogP contribution is 2.20. The largest absolute Gasteiger partial charge is 0.364 e. The minimum absolute atomic E-state index is 0.110. The lowest BCUT2D eigenvalue weighted by Gasteiger charge is -2.15. The number of hydrogen-bond donors (Lipinski definition) is 2. The van der Waals surface area contributed by atoms with Gasteiger partial charge in [-0.1, -0.05) is 23.7 Å². The van der Waals surface area contributed by atoms with Crippen LogP contribution < -0.4 is 4.72 Å². The number of aryl methyl sites for hydroxylation is 1. The Hall–Kier alpha value is -2.41. The second-order valence-electron chi connectivity index (χ2n) is 7.06. The predicted molar refractivity (Wildman–Crippen MR) is 116 cm³/mol. The Bertz CT molecular complexity index is 1090. The molecule has 0 saturated carbocycles. The van der Waals surface area contributed by atoms with Crippen molar-refractivity contribution in [2.24, 2.45) is 0 Å². The fourth-order valence-corrected chi connectivity index (χ4v) is 4.22. The topological polar surface area (TPSA) is 79.0 Å². The second-order valence-corrected chi connectivity index (χ2v) is 9.68. The molecule has 2 N–H and O–H groups in total. The van der Waals surface area contributed by atoms with Crippen LogP contribution in [0.3, 0.4) is 0 Å². The number of nitrogens with one attached hydrogen (secondary N) is 2. The van der Waals surface area contributed by atoms with Crippen LogP contribution in [0.25, 0.3) is 0 Å². The van der Waals surface area contributed by atoms with Crippen LogP contribution in [0.15, 0.2) is 60.8 Å². The molecule has 0 amide bonds. The maximum atomic E-state index is 12.9. The van der Waals surface area contributed by atoms with Crippen LogP contribution in [0.4, 0.5) is 0 Å². The molecule has 5 nitrogen and oxygen atoms in total. The summed E-state index contributed by atoms with van der Waals surface area (Å²) in [5.41, 5.74) is 3.54. The zero-order valence-electron chi connectivity index (χ0n) is 16.3. The Labute approximate surface area is 176 Å². The van der Waals surface area contributed by atoms with Crippen LogP contribution in [0.5, 0.6) is 0 Å². The zero-order chi connectivity index (χ0) is 21.0. The second kappa shape index (κ2) is 8.95. The lowest BCUT2D eigenvalue weighted by molar-refractivity contribution is 0.103. The fraction of sp³-hybridized carbons (Fsp3) is 0.227. The third-order valence-electron chi connectivity index (χ3n) is 4.83. The summed E-state index contributed by atoms with van der Waals surface area (Å²) in [4.78, 5) is 15.8. The molecular weight excluding hydrogens is 408 g/mol. The maximum absolute atomic E-state index is 12.9. The van der Waals surface area contributed by atoms with Gasteiger partial charge >= 0.3 is 0 Å². The molecule has 0 aliphatic heterocycles. The minimum Gasteiger partial charge on any atom is -0.364 e. The van der Waals surface area contributed by atoms with Crippen molar-refractivity contribution < 1.29 is 13.2 Å². The van der Waals surface area contributed by atoms with Gasteiger partial charge in [0, 0.05) is 28.0 Å². The summed E-state index contributed by atoms with van der Waals surface area (Å²) in [6.07, 6.45) is 2.06. The molecule has 3 rings (SSSR count). The van der Waals surface area contributed by atoms with E-state index in [2.05, 4.69) is 9.71 Å². The van der Waals surface area contributed by atoms with Crippen molar-refractivity contribution >= 4 is 27.4 Å². The van der Waals surface area contributed by atoms with Crippen molar-refractivity contribution in [2.75, 3.05) is 0 Å². The third-order valence-corrected chi connectivity index (χ3v) is 6.86. The molecule has 1 atom stereocenters. The molecule has 1 heterocycles. The number of benzene rings is 2. The Morgan fingerprint density at radius 3 is 2.52 bits per heavy atom. The Kier molecular flexibility index (Phi) is 6.57. The van der Waals surface area contributed by atoms with E-state index in [0.29, 0.717) is 22.6 Å². The van der Waals surface area contributed by atoms with Crippen molar-refractivity contribution in [1.29, 1.82) is 0 Å². The number of rotatable bonds is 8. The van der Waals surface area contributed by atoms with Gasteiger partial charge in [-0.25, -0.2) is 13.1 Å². The van der Waals surface area contributed by atoms with Gasteiger partial charge in [-0.2, -0.15) is 0 Å². The van der Waals surface area contributed by atoms with Crippen molar-refractivity contribution in [1.82, 2.24) is 9.71 Å². The molecule has 3 aromatic rings. The standard InChI is InChI=1S/C22H23ClN2O3S/c1-15-5-6-17(13-21(15)22(26)18-7-9-19(23)10-8-18)12-16(2)29(27,28)25-14-20-4-3-11-24-20/h3-11,13,16,24-25H,12,14H2,1-2H3. The molecule has 0 aliphatic rings. The van der Waals surface area contributed by atoms with Gasteiger partial charge in [0.1, 0.15) is 0 Å². The SMILES string of the molecule is Cc1ccc(CC(C)S(=O)(=O)NCc2ccc[nH]2)cc1C(=O)c1ccc(Cl)cc1. The first-order valence-corrected chi connectivity index (χ1v) is 11.2. The molecule has 0 bridgehead atoms. The number of aromatic amines is 1. The summed E-state index contributed by atoms with van der Waals surface area (Å²) in [6.45, 7) is 3.75. The van der Waals surface area contributed by atoms with Crippen molar-refractivity contribution in [3.05, 3.63) is 93.8 Å². The van der Waals surface area contributed by atoms with Crippen LogP contribution in [-0.4, -0.2) is 24.4 Å². The van der Waals surface area contributed by atoms with E-state index >= 15 is 0 Å². The molecular formula is C22H23ClN2O3S. The highest BCUT2D eigenvalue weighted by atomic mass is 35.5. The van der Waals surface area contributed by atoms with E-state index in [9.17, 15) is 13.2 Å². The molecule has 0 fully saturated rings. The lowest BCUT2D eigenvalue weighted by Crippen LogP contribution is -2.33. The maximum Gasteiger partial charge on any atom is 0.214 e. The molecule has 0 radical (unpaired) electrons. The molecule has 152 valence electrons. The summed E-state index contributed by atoms with van der Waals surface area (Å²) < 4.78 is 27.8. The molecule has 0 saturated heterocycles. The van der Waals surface area contributed by atoms with E-state index in [1.165, 1.54) is 0 Å². The van der Waals surface area contributed by atoms with E-state index in [4.69, 9.17) is 11.6 Å². The monoisotopic (exact) mass is 430 g/mol. The molecule has 2 aromatic carbocycles. The molecule has 1 unspecified atom stereocenters. The smallest absolute Gasteiger partial charge is 0.214 e. The molecule has 0 spiro atoms. The van der Waals surface area contributed by atoms with Gasteiger partial charge in [0.15, 0.2) is 5.78 Å². The van der Waals surface area contributed by atoms with Crippen molar-refractivity contribution in [3.63, 3.8) is 0 Å². The Balaban J connectivity index is 1.74. The number of ketones is 1. The zero-order valence-corrected chi connectivity index (χ0v) is 17.8. The average Bonchev–Trinajstić information content (AvgIpc) is 3.22. The van der Waals surface area contributed by atoms with Crippen LogP contribution in [0.2, 0.25) is 5.02 Å². The number of sulfonamides is 1. The van der Waals surface area contributed by atoms with Gasteiger partial charge in [0.05, 0.1) is 11.8 Å². The van der Waals surface area contributed by atoms with E-state index in [1.54, 1.807) is 43.5 Å². The normalized spacial score (nSPS) is 12.7. The van der Waals surface area contributed by atoms with Gasteiger partial charge in [-0.3, -0.25) is 4.79 Å². The van der Waals surface area contributed by atoms with Crippen LogP contribution in [0, 0.1) is 6.92 Å². The summed E-state index contributed by atoms with van der Waals surface area (Å²) in [6, 6.07) is 15.9. The van der Waals surface area contributed by atoms with Crippen LogP contribution in [-0.2, 0) is 23.0 Å². The Morgan fingerprint density at radius 2 is 1.86 bits per heavy atom.